The van der Waals surface area contributed by atoms with Gasteiger partial charge >= 0.3 is 0 Å². The molecule has 0 fully saturated rings. The van der Waals surface area contributed by atoms with Gasteiger partial charge < -0.3 is 4.90 Å². The Morgan fingerprint density at radius 2 is 2.10 bits per heavy atom. The summed E-state index contributed by atoms with van der Waals surface area (Å²) in [7, 11) is 0. The van der Waals surface area contributed by atoms with Gasteiger partial charge in [-0.2, -0.15) is 11.3 Å². The number of benzene rings is 1. The van der Waals surface area contributed by atoms with Gasteiger partial charge in [0.15, 0.2) is 0 Å². The summed E-state index contributed by atoms with van der Waals surface area (Å²) in [4.78, 5) is 14.1. The maximum atomic E-state index is 12.3. The van der Waals surface area contributed by atoms with Crippen LogP contribution in [0.25, 0.3) is 0 Å². The Hall–Kier alpha value is -1.32. The molecule has 0 atom stereocenters. The third-order valence-corrected chi connectivity index (χ3v) is 4.36. The molecule has 1 heterocycles. The number of hydrogen-bond donors (Lipinski definition) is 0. The van der Waals surface area contributed by atoms with Crippen molar-refractivity contribution in [3.05, 3.63) is 57.2 Å². The summed E-state index contributed by atoms with van der Waals surface area (Å²) in [5, 5.41) is 4.86. The number of aryl methyl sites for hydroxylation is 1. The average molecular weight is 308 g/mol. The van der Waals surface area contributed by atoms with Gasteiger partial charge in [-0.3, -0.25) is 4.79 Å². The molecule has 0 aliphatic carbocycles. The molecule has 0 saturated heterocycles. The van der Waals surface area contributed by atoms with Crippen LogP contribution in [0.4, 0.5) is 0 Å². The van der Waals surface area contributed by atoms with Crippen molar-refractivity contribution >= 4 is 28.8 Å². The van der Waals surface area contributed by atoms with Crippen molar-refractivity contribution in [2.75, 3.05) is 6.54 Å². The van der Waals surface area contributed by atoms with Crippen molar-refractivity contribution < 1.29 is 4.79 Å². The molecule has 1 aromatic carbocycles. The van der Waals surface area contributed by atoms with Crippen LogP contribution in [-0.4, -0.2) is 17.4 Å². The Labute approximate surface area is 129 Å². The first-order valence-corrected chi connectivity index (χ1v) is 8.05. The zero-order valence-corrected chi connectivity index (χ0v) is 13.1. The number of thiophene rings is 1. The Morgan fingerprint density at radius 3 is 2.75 bits per heavy atom. The second kappa shape index (κ2) is 7.46. The zero-order valence-electron chi connectivity index (χ0n) is 11.5. The first-order chi connectivity index (χ1) is 9.70. The van der Waals surface area contributed by atoms with E-state index in [0.717, 1.165) is 17.0 Å². The largest absolute Gasteiger partial charge is 0.339 e. The van der Waals surface area contributed by atoms with Crippen molar-refractivity contribution in [1.82, 2.24) is 4.90 Å². The molecule has 0 aliphatic rings. The van der Waals surface area contributed by atoms with E-state index in [1.807, 2.05) is 41.5 Å². The molecule has 0 spiro atoms. The first kappa shape index (κ1) is 15.1. The average Bonchev–Trinajstić information content (AvgIpc) is 2.97. The SMILES string of the molecule is CCN(Cc1ccccc1Cl)C(=O)CCc1ccsc1. The second-order valence-corrected chi connectivity index (χ2v) is 5.82. The molecular formula is C16H18ClNOS. The van der Waals surface area contributed by atoms with Crippen molar-refractivity contribution in [2.24, 2.45) is 0 Å². The highest BCUT2D eigenvalue weighted by atomic mass is 35.5. The van der Waals surface area contributed by atoms with Crippen LogP contribution < -0.4 is 0 Å². The van der Waals surface area contributed by atoms with E-state index in [2.05, 4.69) is 11.4 Å². The van der Waals surface area contributed by atoms with E-state index in [4.69, 9.17) is 11.6 Å². The van der Waals surface area contributed by atoms with Gasteiger partial charge in [0, 0.05) is 24.5 Å². The van der Waals surface area contributed by atoms with Gasteiger partial charge in [0.1, 0.15) is 0 Å². The molecule has 20 heavy (non-hydrogen) atoms. The van der Waals surface area contributed by atoms with E-state index >= 15 is 0 Å². The predicted molar refractivity (Wildman–Crippen MR) is 85.2 cm³/mol. The normalized spacial score (nSPS) is 10.5. The lowest BCUT2D eigenvalue weighted by Gasteiger charge is -2.21. The quantitative estimate of drug-likeness (QED) is 0.775. The Kier molecular flexibility index (Phi) is 5.62. The van der Waals surface area contributed by atoms with Crippen LogP contribution in [0.15, 0.2) is 41.1 Å². The topological polar surface area (TPSA) is 20.3 Å². The van der Waals surface area contributed by atoms with E-state index in [1.54, 1.807) is 11.3 Å². The minimum Gasteiger partial charge on any atom is -0.339 e. The van der Waals surface area contributed by atoms with Crippen LogP contribution in [0.1, 0.15) is 24.5 Å². The molecule has 106 valence electrons. The van der Waals surface area contributed by atoms with Gasteiger partial charge in [-0.25, -0.2) is 0 Å². The molecule has 0 N–H and O–H groups in total. The lowest BCUT2D eigenvalue weighted by atomic mass is 10.1. The van der Waals surface area contributed by atoms with Gasteiger partial charge in [0.25, 0.3) is 0 Å². The summed E-state index contributed by atoms with van der Waals surface area (Å²) in [6, 6.07) is 9.76. The molecule has 0 aliphatic heterocycles. The lowest BCUT2D eigenvalue weighted by molar-refractivity contribution is -0.131. The summed E-state index contributed by atoms with van der Waals surface area (Å²) in [6.07, 6.45) is 1.36. The van der Waals surface area contributed by atoms with E-state index < -0.39 is 0 Å². The highest BCUT2D eigenvalue weighted by molar-refractivity contribution is 7.07. The molecule has 1 aromatic heterocycles. The van der Waals surface area contributed by atoms with Crippen molar-refractivity contribution in [1.29, 1.82) is 0 Å². The summed E-state index contributed by atoms with van der Waals surface area (Å²) in [5.41, 5.74) is 2.23. The summed E-state index contributed by atoms with van der Waals surface area (Å²) < 4.78 is 0. The first-order valence-electron chi connectivity index (χ1n) is 6.73. The minimum atomic E-state index is 0.179. The van der Waals surface area contributed by atoms with E-state index in [-0.39, 0.29) is 5.91 Å². The van der Waals surface area contributed by atoms with Crippen LogP contribution in [0, 0.1) is 0 Å². The van der Waals surface area contributed by atoms with Gasteiger partial charge in [-0.05, 0) is 47.4 Å². The van der Waals surface area contributed by atoms with Gasteiger partial charge in [-0.1, -0.05) is 29.8 Å². The maximum Gasteiger partial charge on any atom is 0.223 e. The number of carbonyl (C=O) groups is 1. The van der Waals surface area contributed by atoms with Crippen LogP contribution in [0.3, 0.4) is 0 Å². The Balaban J connectivity index is 1.94. The van der Waals surface area contributed by atoms with Crippen LogP contribution in [-0.2, 0) is 17.8 Å². The Morgan fingerprint density at radius 1 is 1.30 bits per heavy atom. The summed E-state index contributed by atoms with van der Waals surface area (Å²) >= 11 is 7.82. The number of hydrogen-bond acceptors (Lipinski definition) is 2. The highest BCUT2D eigenvalue weighted by Gasteiger charge is 2.13. The number of amides is 1. The van der Waals surface area contributed by atoms with E-state index in [1.165, 1.54) is 5.56 Å². The van der Waals surface area contributed by atoms with Crippen molar-refractivity contribution in [3.63, 3.8) is 0 Å². The molecule has 1 amide bonds. The molecule has 0 saturated carbocycles. The molecule has 2 aromatic rings. The third-order valence-electron chi connectivity index (χ3n) is 3.26. The second-order valence-electron chi connectivity index (χ2n) is 4.63. The molecule has 4 heteroatoms. The van der Waals surface area contributed by atoms with Crippen LogP contribution in [0.5, 0.6) is 0 Å². The van der Waals surface area contributed by atoms with Crippen LogP contribution in [0.2, 0.25) is 5.02 Å². The molecule has 0 radical (unpaired) electrons. The van der Waals surface area contributed by atoms with Gasteiger partial charge in [-0.15, -0.1) is 0 Å². The molecular weight excluding hydrogens is 290 g/mol. The summed E-state index contributed by atoms with van der Waals surface area (Å²) in [6.45, 7) is 3.28. The smallest absolute Gasteiger partial charge is 0.223 e. The fourth-order valence-corrected chi connectivity index (χ4v) is 2.95. The van der Waals surface area contributed by atoms with E-state index in [9.17, 15) is 4.79 Å². The molecule has 0 bridgehead atoms. The zero-order chi connectivity index (χ0) is 14.4. The van der Waals surface area contributed by atoms with E-state index in [0.29, 0.717) is 19.5 Å². The number of carbonyl (C=O) groups excluding carboxylic acids is 1. The van der Waals surface area contributed by atoms with Gasteiger partial charge in [0.2, 0.25) is 5.91 Å². The molecule has 2 nitrogen and oxygen atoms in total. The minimum absolute atomic E-state index is 0.179. The standard InChI is InChI=1S/C16H18ClNOS/c1-2-18(11-14-5-3-4-6-15(14)17)16(19)8-7-13-9-10-20-12-13/h3-6,9-10,12H,2,7-8,11H2,1H3. The molecule has 2 rings (SSSR count). The maximum absolute atomic E-state index is 12.3. The molecule has 0 unspecified atom stereocenters. The number of nitrogens with zero attached hydrogens (tertiary/aromatic N) is 1. The number of rotatable bonds is 6. The number of halogens is 1. The third kappa shape index (κ3) is 4.09. The fraction of sp³-hybridized carbons (Fsp3) is 0.312. The monoisotopic (exact) mass is 307 g/mol. The summed E-state index contributed by atoms with van der Waals surface area (Å²) in [5.74, 6) is 0.179. The lowest BCUT2D eigenvalue weighted by Crippen LogP contribution is -2.30. The van der Waals surface area contributed by atoms with Crippen LogP contribution >= 0.6 is 22.9 Å². The van der Waals surface area contributed by atoms with Crippen molar-refractivity contribution in [3.8, 4) is 0 Å². The predicted octanol–water partition coefficient (Wildman–Crippen LogP) is 4.38. The highest BCUT2D eigenvalue weighted by Crippen LogP contribution is 2.18. The van der Waals surface area contributed by atoms with Crippen molar-refractivity contribution in [2.45, 2.75) is 26.3 Å². The Bertz CT molecular complexity index is 553. The van der Waals surface area contributed by atoms with Gasteiger partial charge in [0.05, 0.1) is 0 Å². The fourth-order valence-electron chi connectivity index (χ4n) is 2.05.